The van der Waals surface area contributed by atoms with Gasteiger partial charge in [0.05, 0.1) is 11.1 Å². The minimum Gasteiger partial charge on any atom is -0.506 e. The molecule has 3 heteroatoms. The average molecular weight is 243 g/mol. The Morgan fingerprint density at radius 3 is 2.62 bits per heavy atom. The van der Waals surface area contributed by atoms with Crippen molar-refractivity contribution in [1.82, 2.24) is 0 Å². The molecule has 0 radical (unpaired) electrons. The molecule has 0 heterocycles. The fraction of sp³-hybridized carbons (Fsp3) is 0.538. The Hall–Kier alpha value is -0.730. The molecule has 1 rings (SSSR count). The van der Waals surface area contributed by atoms with Crippen molar-refractivity contribution >= 4 is 11.6 Å². The Balaban J connectivity index is 2.46. The largest absolute Gasteiger partial charge is 0.506 e. The van der Waals surface area contributed by atoms with Gasteiger partial charge in [0, 0.05) is 0 Å². The van der Waals surface area contributed by atoms with Crippen LogP contribution in [-0.4, -0.2) is 10.2 Å². The second kappa shape index (κ2) is 6.77. The van der Waals surface area contributed by atoms with Gasteiger partial charge in [-0.1, -0.05) is 50.3 Å². The quantitative estimate of drug-likeness (QED) is 0.739. The molecule has 0 aliphatic carbocycles. The summed E-state index contributed by atoms with van der Waals surface area (Å²) in [4.78, 5) is 0. The first-order valence-electron chi connectivity index (χ1n) is 5.81. The van der Waals surface area contributed by atoms with E-state index in [1.165, 1.54) is 18.9 Å². The van der Waals surface area contributed by atoms with Crippen LogP contribution in [0.3, 0.4) is 0 Å². The highest BCUT2D eigenvalue weighted by atomic mass is 35.5. The third kappa shape index (κ3) is 4.03. The van der Waals surface area contributed by atoms with E-state index in [1.807, 2.05) is 0 Å². The van der Waals surface area contributed by atoms with E-state index in [9.17, 15) is 10.2 Å². The van der Waals surface area contributed by atoms with E-state index in [4.69, 9.17) is 11.6 Å². The number of aliphatic hydroxyl groups excluding tert-OH is 1. The second-order valence-electron chi connectivity index (χ2n) is 4.08. The van der Waals surface area contributed by atoms with Crippen LogP contribution in [0.5, 0.6) is 5.75 Å². The van der Waals surface area contributed by atoms with Crippen LogP contribution in [0, 0.1) is 0 Å². The number of rotatable bonds is 6. The zero-order valence-electron chi connectivity index (χ0n) is 9.62. The smallest absolute Gasteiger partial charge is 0.134 e. The molecule has 0 aliphatic rings. The molecule has 0 aromatic heterocycles. The van der Waals surface area contributed by atoms with Crippen molar-refractivity contribution in [2.45, 2.75) is 45.1 Å². The van der Waals surface area contributed by atoms with E-state index < -0.39 is 6.10 Å². The van der Waals surface area contributed by atoms with Crippen molar-refractivity contribution in [3.63, 3.8) is 0 Å². The van der Waals surface area contributed by atoms with Crippen LogP contribution >= 0.6 is 11.6 Å². The van der Waals surface area contributed by atoms with Crippen LogP contribution in [-0.2, 0) is 0 Å². The normalized spacial score (nSPS) is 12.7. The van der Waals surface area contributed by atoms with E-state index in [0.717, 1.165) is 24.8 Å². The van der Waals surface area contributed by atoms with Crippen LogP contribution in [0.25, 0.3) is 0 Å². The molecule has 1 aromatic rings. The molecule has 0 fully saturated rings. The average Bonchev–Trinajstić information content (AvgIpc) is 2.28. The molecule has 0 bridgehead atoms. The number of halogens is 1. The van der Waals surface area contributed by atoms with Crippen molar-refractivity contribution in [1.29, 1.82) is 0 Å². The lowest BCUT2D eigenvalue weighted by molar-refractivity contribution is 0.163. The number of aliphatic hydroxyl groups is 1. The summed E-state index contributed by atoms with van der Waals surface area (Å²) in [6, 6.07) is 4.86. The van der Waals surface area contributed by atoms with Crippen molar-refractivity contribution in [3.05, 3.63) is 28.8 Å². The predicted octanol–water partition coefficient (Wildman–Crippen LogP) is 4.05. The molecule has 2 N–H and O–H groups in total. The van der Waals surface area contributed by atoms with E-state index in [-0.39, 0.29) is 5.75 Å². The summed E-state index contributed by atoms with van der Waals surface area (Å²) >= 11 is 5.78. The molecule has 1 atom stereocenters. The molecule has 0 saturated carbocycles. The highest BCUT2D eigenvalue weighted by Crippen LogP contribution is 2.28. The lowest BCUT2D eigenvalue weighted by atomic mass is 10.0. The molecule has 1 aromatic carbocycles. The molecular formula is C13H19ClO2. The fourth-order valence-corrected chi connectivity index (χ4v) is 1.85. The Morgan fingerprint density at radius 2 is 2.00 bits per heavy atom. The molecule has 0 amide bonds. The Labute approximate surface area is 102 Å². The first-order chi connectivity index (χ1) is 7.65. The van der Waals surface area contributed by atoms with E-state index in [0.29, 0.717) is 5.02 Å². The van der Waals surface area contributed by atoms with Gasteiger partial charge < -0.3 is 10.2 Å². The SMILES string of the molecule is CCCCCCC(O)c1ccc(O)c(Cl)c1. The van der Waals surface area contributed by atoms with Gasteiger partial charge in [0.25, 0.3) is 0 Å². The highest BCUT2D eigenvalue weighted by molar-refractivity contribution is 6.32. The summed E-state index contributed by atoms with van der Waals surface area (Å²) in [5, 5.41) is 19.4. The van der Waals surface area contributed by atoms with Gasteiger partial charge in [0.15, 0.2) is 0 Å². The lowest BCUT2D eigenvalue weighted by Crippen LogP contribution is -1.97. The zero-order valence-corrected chi connectivity index (χ0v) is 10.4. The zero-order chi connectivity index (χ0) is 12.0. The van der Waals surface area contributed by atoms with E-state index in [2.05, 4.69) is 6.92 Å². The minimum atomic E-state index is -0.477. The molecule has 0 saturated heterocycles. The van der Waals surface area contributed by atoms with Gasteiger partial charge in [-0.05, 0) is 24.1 Å². The van der Waals surface area contributed by atoms with Gasteiger partial charge in [0.1, 0.15) is 5.75 Å². The second-order valence-corrected chi connectivity index (χ2v) is 4.48. The van der Waals surface area contributed by atoms with Crippen molar-refractivity contribution < 1.29 is 10.2 Å². The summed E-state index contributed by atoms with van der Waals surface area (Å²) in [5.74, 6) is 0.0589. The number of phenols is 1. The Morgan fingerprint density at radius 1 is 1.25 bits per heavy atom. The maximum Gasteiger partial charge on any atom is 0.134 e. The predicted molar refractivity (Wildman–Crippen MR) is 66.8 cm³/mol. The van der Waals surface area contributed by atoms with Gasteiger partial charge in [0.2, 0.25) is 0 Å². The molecule has 0 spiro atoms. The first-order valence-corrected chi connectivity index (χ1v) is 6.19. The molecular weight excluding hydrogens is 224 g/mol. The van der Waals surface area contributed by atoms with Gasteiger partial charge in [-0.25, -0.2) is 0 Å². The maximum atomic E-state index is 9.89. The van der Waals surface area contributed by atoms with Gasteiger partial charge in [-0.15, -0.1) is 0 Å². The van der Waals surface area contributed by atoms with Crippen LogP contribution in [0.15, 0.2) is 18.2 Å². The third-order valence-corrected chi connectivity index (χ3v) is 2.99. The molecule has 16 heavy (non-hydrogen) atoms. The summed E-state index contributed by atoms with van der Waals surface area (Å²) in [6.07, 6.45) is 4.85. The number of hydrogen-bond donors (Lipinski definition) is 2. The number of unbranched alkanes of at least 4 members (excludes halogenated alkanes) is 3. The summed E-state index contributed by atoms with van der Waals surface area (Å²) in [7, 11) is 0. The van der Waals surface area contributed by atoms with Crippen LogP contribution in [0.4, 0.5) is 0 Å². The summed E-state index contributed by atoms with van der Waals surface area (Å²) in [6.45, 7) is 2.16. The fourth-order valence-electron chi connectivity index (χ4n) is 1.66. The van der Waals surface area contributed by atoms with Crippen molar-refractivity contribution in [2.24, 2.45) is 0 Å². The standard InChI is InChI=1S/C13H19ClO2/c1-2-3-4-5-6-12(15)10-7-8-13(16)11(14)9-10/h7-9,12,15-16H,2-6H2,1H3. The van der Waals surface area contributed by atoms with Gasteiger partial charge in [-0.3, -0.25) is 0 Å². The molecule has 0 aliphatic heterocycles. The van der Waals surface area contributed by atoms with Crippen molar-refractivity contribution in [2.75, 3.05) is 0 Å². The van der Waals surface area contributed by atoms with Crippen LogP contribution < -0.4 is 0 Å². The third-order valence-electron chi connectivity index (χ3n) is 2.69. The number of aromatic hydroxyl groups is 1. The van der Waals surface area contributed by atoms with Crippen LogP contribution in [0.2, 0.25) is 5.02 Å². The van der Waals surface area contributed by atoms with Crippen molar-refractivity contribution in [3.8, 4) is 5.75 Å². The Bertz CT molecular complexity index is 326. The number of benzene rings is 1. The first kappa shape index (κ1) is 13.3. The number of phenolic OH excluding ortho intramolecular Hbond substituents is 1. The van der Waals surface area contributed by atoms with E-state index >= 15 is 0 Å². The van der Waals surface area contributed by atoms with Gasteiger partial charge in [-0.2, -0.15) is 0 Å². The minimum absolute atomic E-state index is 0.0589. The van der Waals surface area contributed by atoms with Crippen LogP contribution in [0.1, 0.15) is 50.7 Å². The maximum absolute atomic E-state index is 9.89. The van der Waals surface area contributed by atoms with E-state index in [1.54, 1.807) is 12.1 Å². The molecule has 2 nitrogen and oxygen atoms in total. The Kier molecular flexibility index (Phi) is 5.64. The highest BCUT2D eigenvalue weighted by Gasteiger charge is 2.09. The lowest BCUT2D eigenvalue weighted by Gasteiger charge is -2.11. The molecule has 90 valence electrons. The topological polar surface area (TPSA) is 40.5 Å². The monoisotopic (exact) mass is 242 g/mol. The summed E-state index contributed by atoms with van der Waals surface area (Å²) < 4.78 is 0. The summed E-state index contributed by atoms with van der Waals surface area (Å²) in [5.41, 5.74) is 0.777. The van der Waals surface area contributed by atoms with Gasteiger partial charge >= 0.3 is 0 Å². The number of hydrogen-bond acceptors (Lipinski definition) is 2. The molecule has 1 unspecified atom stereocenters.